The highest BCUT2D eigenvalue weighted by Gasteiger charge is 2.36. The summed E-state index contributed by atoms with van der Waals surface area (Å²) < 4.78 is 17.0. The molecule has 0 bridgehead atoms. The third kappa shape index (κ3) is 3.55. The molecule has 5 rings (SSSR count). The van der Waals surface area contributed by atoms with Gasteiger partial charge in [-0.05, 0) is 43.4 Å². The number of rotatable bonds is 6. The van der Waals surface area contributed by atoms with Crippen LogP contribution in [0.4, 0.5) is 0 Å². The zero-order valence-corrected chi connectivity index (χ0v) is 16.5. The molecule has 0 saturated carbocycles. The number of hydrogen-bond acceptors (Lipinski definition) is 6. The van der Waals surface area contributed by atoms with Crippen molar-refractivity contribution in [2.24, 2.45) is 5.10 Å². The van der Waals surface area contributed by atoms with E-state index in [0.29, 0.717) is 24.5 Å². The van der Waals surface area contributed by atoms with Gasteiger partial charge in [0.15, 0.2) is 5.76 Å². The topological polar surface area (TPSA) is 75.3 Å². The number of hydrazone groups is 1. The molecule has 1 aromatic carbocycles. The molecule has 4 heterocycles. The number of likely N-dealkylation sites (N-methyl/N-ethyl adjacent to an activating group) is 1. The van der Waals surface area contributed by atoms with E-state index in [-0.39, 0.29) is 18.5 Å². The molecular formula is C23H21N3O4. The van der Waals surface area contributed by atoms with Gasteiger partial charge in [0.2, 0.25) is 0 Å². The maximum absolute atomic E-state index is 13.1. The van der Waals surface area contributed by atoms with Gasteiger partial charge in [0, 0.05) is 11.8 Å². The Bertz CT molecular complexity index is 1140. The second-order valence-electron chi connectivity index (χ2n) is 7.42. The van der Waals surface area contributed by atoms with E-state index in [4.69, 9.17) is 13.3 Å². The molecule has 7 heteroatoms. The minimum absolute atomic E-state index is 0.114. The lowest BCUT2D eigenvalue weighted by molar-refractivity contribution is -0.134. The van der Waals surface area contributed by atoms with Crippen molar-refractivity contribution in [3.63, 3.8) is 0 Å². The van der Waals surface area contributed by atoms with E-state index >= 15 is 0 Å². The van der Waals surface area contributed by atoms with Crippen molar-refractivity contribution in [2.75, 3.05) is 13.6 Å². The van der Waals surface area contributed by atoms with Crippen molar-refractivity contribution >= 4 is 22.6 Å². The number of benzene rings is 1. The molecule has 152 valence electrons. The molecule has 1 aliphatic rings. The lowest BCUT2D eigenvalue weighted by atomic mass is 10.1. The largest absolute Gasteiger partial charge is 0.468 e. The van der Waals surface area contributed by atoms with Gasteiger partial charge in [-0.1, -0.05) is 18.2 Å². The van der Waals surface area contributed by atoms with Crippen LogP contribution in [0.25, 0.3) is 11.0 Å². The zero-order valence-electron chi connectivity index (χ0n) is 16.5. The molecule has 0 aliphatic carbocycles. The van der Waals surface area contributed by atoms with E-state index in [2.05, 4.69) is 5.10 Å². The van der Waals surface area contributed by atoms with Gasteiger partial charge in [-0.25, -0.2) is 5.01 Å². The van der Waals surface area contributed by atoms with Gasteiger partial charge < -0.3 is 13.3 Å². The Kier molecular flexibility index (Phi) is 4.72. The summed E-state index contributed by atoms with van der Waals surface area (Å²) in [6.45, 7) is 0.743. The Morgan fingerprint density at radius 1 is 1.13 bits per heavy atom. The van der Waals surface area contributed by atoms with Crippen LogP contribution in [0.3, 0.4) is 0 Å². The minimum Gasteiger partial charge on any atom is -0.468 e. The fourth-order valence-corrected chi connectivity index (χ4v) is 3.74. The first kappa shape index (κ1) is 18.4. The third-order valence-electron chi connectivity index (χ3n) is 5.16. The third-order valence-corrected chi connectivity index (χ3v) is 5.16. The summed E-state index contributed by atoms with van der Waals surface area (Å²) in [5, 5.41) is 7.16. The zero-order chi connectivity index (χ0) is 20.5. The highest BCUT2D eigenvalue weighted by atomic mass is 16.3. The van der Waals surface area contributed by atoms with Gasteiger partial charge in [0.05, 0.1) is 25.6 Å². The van der Waals surface area contributed by atoms with Gasteiger partial charge >= 0.3 is 0 Å². The minimum atomic E-state index is -0.298. The summed E-state index contributed by atoms with van der Waals surface area (Å²) in [6.07, 6.45) is 3.77. The predicted octanol–water partition coefficient (Wildman–Crippen LogP) is 4.43. The second-order valence-corrected chi connectivity index (χ2v) is 7.42. The van der Waals surface area contributed by atoms with Gasteiger partial charge in [-0.3, -0.25) is 9.69 Å². The first-order chi connectivity index (χ1) is 14.7. The van der Waals surface area contributed by atoms with Crippen LogP contribution in [0.15, 0.2) is 85.5 Å². The number of furan rings is 3. The van der Waals surface area contributed by atoms with Crippen molar-refractivity contribution in [2.45, 2.75) is 19.0 Å². The molecular weight excluding hydrogens is 382 g/mol. The van der Waals surface area contributed by atoms with Crippen LogP contribution in [-0.4, -0.2) is 35.1 Å². The van der Waals surface area contributed by atoms with Crippen LogP contribution >= 0.6 is 0 Å². The predicted molar refractivity (Wildman–Crippen MR) is 111 cm³/mol. The summed E-state index contributed by atoms with van der Waals surface area (Å²) in [7, 11) is 1.88. The number of carbonyl (C=O) groups is 1. The Hall–Kier alpha value is -3.58. The summed E-state index contributed by atoms with van der Waals surface area (Å²) in [5.74, 6) is 2.07. The average molecular weight is 403 g/mol. The molecule has 0 radical (unpaired) electrons. The number of hydrogen-bond donors (Lipinski definition) is 0. The van der Waals surface area contributed by atoms with Crippen LogP contribution in [0.2, 0.25) is 0 Å². The maximum atomic E-state index is 13.1. The molecule has 1 unspecified atom stereocenters. The van der Waals surface area contributed by atoms with Crippen LogP contribution in [0.1, 0.15) is 29.7 Å². The summed E-state index contributed by atoms with van der Waals surface area (Å²) in [6, 6.07) is 16.9. The second kappa shape index (κ2) is 7.68. The first-order valence-corrected chi connectivity index (χ1v) is 9.80. The number of nitrogens with zero attached hydrogens (tertiary/aromatic N) is 3. The van der Waals surface area contributed by atoms with E-state index in [0.717, 1.165) is 22.4 Å². The molecule has 1 aliphatic heterocycles. The van der Waals surface area contributed by atoms with E-state index < -0.39 is 0 Å². The van der Waals surface area contributed by atoms with Crippen LogP contribution in [0, 0.1) is 0 Å². The summed E-state index contributed by atoms with van der Waals surface area (Å²) >= 11 is 0. The molecule has 0 spiro atoms. The molecule has 3 aromatic heterocycles. The van der Waals surface area contributed by atoms with Crippen molar-refractivity contribution in [1.82, 2.24) is 9.91 Å². The van der Waals surface area contributed by atoms with Crippen molar-refractivity contribution in [1.29, 1.82) is 0 Å². The molecule has 0 saturated heterocycles. The van der Waals surface area contributed by atoms with Gasteiger partial charge in [-0.15, -0.1) is 0 Å². The van der Waals surface area contributed by atoms with Gasteiger partial charge in [0.25, 0.3) is 5.91 Å². The molecule has 1 amide bonds. The fraction of sp³-hybridized carbons (Fsp3) is 0.217. The summed E-state index contributed by atoms with van der Waals surface area (Å²) in [5.41, 5.74) is 1.53. The Labute approximate surface area is 173 Å². The van der Waals surface area contributed by atoms with Crippen molar-refractivity contribution in [3.8, 4) is 0 Å². The normalized spacial score (nSPS) is 16.5. The maximum Gasteiger partial charge on any atom is 0.257 e. The Morgan fingerprint density at radius 2 is 1.97 bits per heavy atom. The van der Waals surface area contributed by atoms with Crippen LogP contribution in [-0.2, 0) is 11.3 Å². The Morgan fingerprint density at radius 3 is 2.73 bits per heavy atom. The Balaban J connectivity index is 1.40. The van der Waals surface area contributed by atoms with E-state index in [1.165, 1.54) is 5.01 Å². The monoisotopic (exact) mass is 403 g/mol. The van der Waals surface area contributed by atoms with E-state index in [9.17, 15) is 4.79 Å². The first-order valence-electron chi connectivity index (χ1n) is 9.80. The fourth-order valence-electron chi connectivity index (χ4n) is 3.74. The summed E-state index contributed by atoms with van der Waals surface area (Å²) in [4.78, 5) is 15.0. The number of amides is 1. The SMILES string of the molecule is CN(CC(=O)N1N=C(c2cc3ccccc3o2)CC1c1ccco1)Cc1ccco1. The lowest BCUT2D eigenvalue weighted by Crippen LogP contribution is -2.36. The number of carbonyl (C=O) groups excluding carboxylic acids is 1. The number of para-hydroxylation sites is 1. The molecule has 4 aromatic rings. The quantitative estimate of drug-likeness (QED) is 0.476. The van der Waals surface area contributed by atoms with Crippen molar-refractivity contribution < 1.29 is 18.0 Å². The highest BCUT2D eigenvalue weighted by Crippen LogP contribution is 2.34. The van der Waals surface area contributed by atoms with Crippen LogP contribution in [0.5, 0.6) is 0 Å². The van der Waals surface area contributed by atoms with Crippen LogP contribution < -0.4 is 0 Å². The molecule has 0 N–H and O–H groups in total. The standard InChI is InChI=1S/C23H21N3O4/c1-25(14-17-7-4-10-28-17)15-23(27)26-19(21-9-5-11-29-21)13-18(24-26)22-12-16-6-2-3-8-20(16)30-22/h2-12,19H,13-15H2,1H3. The highest BCUT2D eigenvalue weighted by molar-refractivity contribution is 6.03. The molecule has 7 nitrogen and oxygen atoms in total. The van der Waals surface area contributed by atoms with Crippen molar-refractivity contribution in [3.05, 3.63) is 84.4 Å². The van der Waals surface area contributed by atoms with Gasteiger partial charge in [-0.2, -0.15) is 5.10 Å². The van der Waals surface area contributed by atoms with E-state index in [1.807, 2.05) is 66.5 Å². The average Bonchev–Trinajstić information content (AvgIpc) is 3.53. The smallest absolute Gasteiger partial charge is 0.257 e. The molecule has 0 fully saturated rings. The lowest BCUT2D eigenvalue weighted by Gasteiger charge is -2.22. The molecule has 1 atom stereocenters. The van der Waals surface area contributed by atoms with E-state index in [1.54, 1.807) is 12.5 Å². The molecule has 30 heavy (non-hydrogen) atoms. The number of fused-ring (bicyclic) bond motifs is 1. The van der Waals surface area contributed by atoms with Gasteiger partial charge in [0.1, 0.15) is 28.9 Å².